The summed E-state index contributed by atoms with van der Waals surface area (Å²) in [6, 6.07) is 22.2. The van der Waals surface area contributed by atoms with Crippen LogP contribution in [0.1, 0.15) is 37.5 Å². The number of benzene rings is 4. The van der Waals surface area contributed by atoms with Gasteiger partial charge in [-0.05, 0) is 55.7 Å². The van der Waals surface area contributed by atoms with E-state index in [2.05, 4.69) is 20.8 Å². The Labute approximate surface area is 212 Å². The normalized spacial score (nSPS) is 10.8. The minimum Gasteiger partial charge on any atom is -0.456 e. The minimum atomic E-state index is 0.626. The first-order valence-corrected chi connectivity index (χ1v) is 12.2. The van der Waals surface area contributed by atoms with Crippen LogP contribution in [-0.4, -0.2) is 0 Å². The molecule has 6 nitrogen and oxygen atoms in total. The first kappa shape index (κ1) is 24.8. The summed E-state index contributed by atoms with van der Waals surface area (Å²) in [6.45, 7) is 6.27. The summed E-state index contributed by atoms with van der Waals surface area (Å²) in [5.41, 5.74) is 22.9. The van der Waals surface area contributed by atoms with E-state index in [1.807, 2.05) is 72.8 Å². The van der Waals surface area contributed by atoms with E-state index in [0.717, 1.165) is 16.7 Å². The van der Waals surface area contributed by atoms with Crippen molar-refractivity contribution in [3.8, 4) is 34.5 Å². The van der Waals surface area contributed by atoms with Crippen LogP contribution < -0.4 is 31.4 Å². The molecule has 0 aliphatic carbocycles. The van der Waals surface area contributed by atoms with Crippen molar-refractivity contribution in [1.29, 1.82) is 0 Å². The van der Waals surface area contributed by atoms with Gasteiger partial charge in [0.1, 0.15) is 34.5 Å². The van der Waals surface area contributed by atoms with E-state index in [-0.39, 0.29) is 0 Å². The fraction of sp³-hybridized carbons (Fsp3) is 0.200. The van der Waals surface area contributed by atoms with Crippen molar-refractivity contribution in [2.24, 2.45) is 0 Å². The second-order valence-corrected chi connectivity index (χ2v) is 8.51. The third-order valence-corrected chi connectivity index (χ3v) is 5.94. The van der Waals surface area contributed by atoms with E-state index in [1.165, 1.54) is 0 Å². The van der Waals surface area contributed by atoms with E-state index in [0.29, 0.717) is 70.8 Å². The van der Waals surface area contributed by atoms with Crippen molar-refractivity contribution in [1.82, 2.24) is 0 Å². The van der Waals surface area contributed by atoms with E-state index in [1.54, 1.807) is 0 Å². The molecule has 0 aliphatic heterocycles. The highest BCUT2D eigenvalue weighted by Gasteiger charge is 2.26. The van der Waals surface area contributed by atoms with Gasteiger partial charge in [-0.3, -0.25) is 0 Å². The van der Waals surface area contributed by atoms with Crippen molar-refractivity contribution in [2.45, 2.75) is 40.0 Å². The van der Waals surface area contributed by atoms with Gasteiger partial charge >= 0.3 is 0 Å². The summed E-state index contributed by atoms with van der Waals surface area (Å²) in [7, 11) is 0. The first-order valence-electron chi connectivity index (χ1n) is 12.2. The molecule has 36 heavy (non-hydrogen) atoms. The Kier molecular flexibility index (Phi) is 7.54. The quantitative estimate of drug-likeness (QED) is 0.213. The Bertz CT molecular complexity index is 1180. The molecule has 0 atom stereocenters. The Hall–Kier alpha value is -4.32. The van der Waals surface area contributed by atoms with Crippen LogP contribution >= 0.6 is 0 Å². The van der Waals surface area contributed by atoms with Crippen LogP contribution in [0.5, 0.6) is 34.5 Å². The highest BCUT2D eigenvalue weighted by molar-refractivity contribution is 5.66. The van der Waals surface area contributed by atoms with Gasteiger partial charge in [-0.15, -0.1) is 0 Å². The van der Waals surface area contributed by atoms with Crippen LogP contribution in [0.15, 0.2) is 72.8 Å². The maximum Gasteiger partial charge on any atom is 0.141 e. The molecule has 0 unspecified atom stereocenters. The van der Waals surface area contributed by atoms with Gasteiger partial charge in [0.15, 0.2) is 0 Å². The predicted octanol–water partition coefficient (Wildman–Crippen LogP) is 7.50. The molecule has 0 fully saturated rings. The molecule has 6 N–H and O–H groups in total. The molecule has 4 rings (SSSR count). The fourth-order valence-electron chi connectivity index (χ4n) is 4.28. The van der Waals surface area contributed by atoms with Crippen LogP contribution in [0, 0.1) is 0 Å². The highest BCUT2D eigenvalue weighted by Crippen LogP contribution is 2.49. The summed E-state index contributed by atoms with van der Waals surface area (Å²) in [5.74, 6) is 4.07. The van der Waals surface area contributed by atoms with Crippen molar-refractivity contribution >= 4 is 17.1 Å². The second-order valence-electron chi connectivity index (χ2n) is 8.51. The number of hydrogen-bond donors (Lipinski definition) is 3. The van der Waals surface area contributed by atoms with E-state index >= 15 is 0 Å². The summed E-state index contributed by atoms with van der Waals surface area (Å²) in [6.07, 6.45) is 2.07. The Morgan fingerprint density at radius 1 is 0.472 bits per heavy atom. The lowest BCUT2D eigenvalue weighted by atomic mass is 9.95. The third-order valence-electron chi connectivity index (χ3n) is 5.94. The highest BCUT2D eigenvalue weighted by atomic mass is 16.5. The molecule has 0 radical (unpaired) electrons. The molecule has 6 heteroatoms. The van der Waals surface area contributed by atoms with E-state index < -0.39 is 0 Å². The molecular formula is C30H33N3O3. The monoisotopic (exact) mass is 483 g/mol. The second kappa shape index (κ2) is 11.0. The van der Waals surface area contributed by atoms with E-state index in [9.17, 15) is 0 Å². The largest absolute Gasteiger partial charge is 0.456 e. The summed E-state index contributed by atoms with van der Waals surface area (Å²) in [5, 5.41) is 0. The molecule has 0 amide bonds. The van der Waals surface area contributed by atoms with Gasteiger partial charge in [-0.1, -0.05) is 39.0 Å². The van der Waals surface area contributed by atoms with Gasteiger partial charge < -0.3 is 31.4 Å². The molecule has 4 aromatic carbocycles. The molecular weight excluding hydrogens is 450 g/mol. The SMILES string of the molecule is CCc1c(Oc2cccc(N)c2)c(CC)c(Oc2cccc(N)c2)c(CC)c1Oc1cccc(N)c1. The summed E-state index contributed by atoms with van der Waals surface area (Å²) >= 11 is 0. The Morgan fingerprint density at radius 2 is 0.750 bits per heavy atom. The zero-order valence-corrected chi connectivity index (χ0v) is 21.0. The summed E-state index contributed by atoms with van der Waals surface area (Å²) < 4.78 is 19.6. The Balaban J connectivity index is 1.96. The van der Waals surface area contributed by atoms with Crippen LogP contribution in [0.4, 0.5) is 17.1 Å². The van der Waals surface area contributed by atoms with Crippen LogP contribution in [0.2, 0.25) is 0 Å². The molecule has 0 bridgehead atoms. The zero-order valence-electron chi connectivity index (χ0n) is 21.0. The van der Waals surface area contributed by atoms with Crippen molar-refractivity contribution in [3.63, 3.8) is 0 Å². The molecule has 0 heterocycles. The minimum absolute atomic E-state index is 0.626. The third kappa shape index (κ3) is 5.33. The molecule has 0 saturated heterocycles. The van der Waals surface area contributed by atoms with Gasteiger partial charge in [0, 0.05) is 52.0 Å². The lowest BCUT2D eigenvalue weighted by molar-refractivity contribution is 0.418. The van der Waals surface area contributed by atoms with E-state index in [4.69, 9.17) is 31.4 Å². The number of nitrogens with two attached hydrogens (primary N) is 3. The average Bonchev–Trinajstić information content (AvgIpc) is 2.85. The standard InChI is InChI=1S/C30H33N3O3/c1-4-25-28(34-22-13-7-10-19(31)16-22)26(5-2)30(36-24-15-9-12-21(33)18-24)27(6-3)29(25)35-23-14-8-11-20(32)17-23/h7-18H,4-6,31-33H2,1-3H3. The zero-order chi connectivity index (χ0) is 25.7. The average molecular weight is 484 g/mol. The first-order chi connectivity index (χ1) is 17.4. The van der Waals surface area contributed by atoms with Crippen molar-refractivity contribution in [3.05, 3.63) is 89.5 Å². The van der Waals surface area contributed by atoms with Gasteiger partial charge in [-0.2, -0.15) is 0 Å². The predicted molar refractivity (Wildman–Crippen MR) is 147 cm³/mol. The lowest BCUT2D eigenvalue weighted by Crippen LogP contribution is -2.07. The molecule has 0 spiro atoms. The fourth-order valence-corrected chi connectivity index (χ4v) is 4.28. The van der Waals surface area contributed by atoms with Gasteiger partial charge in [0.25, 0.3) is 0 Å². The number of rotatable bonds is 9. The lowest BCUT2D eigenvalue weighted by Gasteiger charge is -2.25. The number of nitrogen functional groups attached to an aromatic ring is 3. The molecule has 0 saturated carbocycles. The van der Waals surface area contributed by atoms with Crippen LogP contribution in [0.3, 0.4) is 0 Å². The summed E-state index contributed by atoms with van der Waals surface area (Å²) in [4.78, 5) is 0. The van der Waals surface area contributed by atoms with Crippen molar-refractivity contribution < 1.29 is 14.2 Å². The molecule has 0 aromatic heterocycles. The Morgan fingerprint density at radius 3 is 0.972 bits per heavy atom. The van der Waals surface area contributed by atoms with Crippen LogP contribution in [0.25, 0.3) is 0 Å². The molecule has 186 valence electrons. The maximum atomic E-state index is 6.52. The number of hydrogen-bond acceptors (Lipinski definition) is 6. The number of anilines is 3. The van der Waals surface area contributed by atoms with Crippen LogP contribution in [-0.2, 0) is 19.3 Å². The number of ether oxygens (including phenoxy) is 3. The van der Waals surface area contributed by atoms with Gasteiger partial charge in [-0.25, -0.2) is 0 Å². The molecule has 4 aromatic rings. The van der Waals surface area contributed by atoms with Gasteiger partial charge in [0.2, 0.25) is 0 Å². The molecule has 0 aliphatic rings. The topological polar surface area (TPSA) is 106 Å². The van der Waals surface area contributed by atoms with Gasteiger partial charge in [0.05, 0.1) is 0 Å². The maximum absolute atomic E-state index is 6.52. The smallest absolute Gasteiger partial charge is 0.141 e. The van der Waals surface area contributed by atoms with Crippen molar-refractivity contribution in [2.75, 3.05) is 17.2 Å².